The molecular weight excluding hydrogens is 224 g/mol. The fourth-order valence-corrected chi connectivity index (χ4v) is 2.12. The number of hydrogen-bond donors (Lipinski definition) is 2. The van der Waals surface area contributed by atoms with Crippen LogP contribution in [0.5, 0.6) is 5.06 Å². The number of nitrogens with one attached hydrogen (secondary N) is 2. The molecule has 16 heavy (non-hydrogen) atoms. The van der Waals surface area contributed by atoms with Crippen LogP contribution in [-0.2, 0) is 13.0 Å². The second-order valence-corrected chi connectivity index (χ2v) is 4.41. The summed E-state index contributed by atoms with van der Waals surface area (Å²) in [5.41, 5.74) is 0. The van der Waals surface area contributed by atoms with E-state index in [4.69, 9.17) is 4.74 Å². The van der Waals surface area contributed by atoms with Crippen molar-refractivity contribution in [3.05, 3.63) is 29.2 Å². The topological polar surface area (TPSA) is 62.8 Å². The molecule has 0 aliphatic carbocycles. The highest BCUT2D eigenvalue weighted by molar-refractivity contribution is 7.13. The maximum Gasteiger partial charge on any atom is 0.173 e. The Kier molecular flexibility index (Phi) is 3.90. The fourth-order valence-electron chi connectivity index (χ4n) is 1.33. The van der Waals surface area contributed by atoms with Gasteiger partial charge in [0.2, 0.25) is 0 Å². The highest BCUT2D eigenvalue weighted by Gasteiger charge is 1.99. The van der Waals surface area contributed by atoms with Crippen LogP contribution in [0, 0.1) is 0 Å². The molecule has 2 heterocycles. The first-order valence-corrected chi connectivity index (χ1v) is 5.88. The molecule has 86 valence electrons. The monoisotopic (exact) mass is 238 g/mol. The van der Waals surface area contributed by atoms with E-state index >= 15 is 0 Å². The number of nitrogens with zero attached hydrogens (tertiary/aromatic N) is 2. The summed E-state index contributed by atoms with van der Waals surface area (Å²) in [7, 11) is 1.69. The molecule has 0 aromatic carbocycles. The molecule has 0 aliphatic rings. The second kappa shape index (κ2) is 5.62. The number of aromatic amines is 1. The lowest BCUT2D eigenvalue weighted by Gasteiger charge is -2.00. The summed E-state index contributed by atoms with van der Waals surface area (Å²) in [6.07, 6.45) is 2.39. The van der Waals surface area contributed by atoms with Crippen molar-refractivity contribution in [2.45, 2.75) is 13.0 Å². The molecule has 0 amide bonds. The lowest BCUT2D eigenvalue weighted by molar-refractivity contribution is 0.427. The van der Waals surface area contributed by atoms with Gasteiger partial charge in [-0.15, -0.1) is 11.3 Å². The summed E-state index contributed by atoms with van der Waals surface area (Å²) in [5.74, 6) is 0.913. The molecule has 5 nitrogen and oxygen atoms in total. The first kappa shape index (κ1) is 11.1. The third-order valence-corrected chi connectivity index (χ3v) is 3.19. The molecule has 0 aliphatic heterocycles. The third kappa shape index (κ3) is 3.04. The van der Waals surface area contributed by atoms with Gasteiger partial charge in [-0.25, -0.2) is 4.98 Å². The van der Waals surface area contributed by atoms with Crippen molar-refractivity contribution in [3.63, 3.8) is 0 Å². The van der Waals surface area contributed by atoms with Crippen molar-refractivity contribution >= 4 is 11.3 Å². The normalized spacial score (nSPS) is 10.6. The van der Waals surface area contributed by atoms with Crippen LogP contribution in [0.3, 0.4) is 0 Å². The van der Waals surface area contributed by atoms with Crippen LogP contribution in [0.2, 0.25) is 0 Å². The number of thiophene rings is 1. The summed E-state index contributed by atoms with van der Waals surface area (Å²) in [6.45, 7) is 1.75. The van der Waals surface area contributed by atoms with Gasteiger partial charge < -0.3 is 10.1 Å². The van der Waals surface area contributed by atoms with Gasteiger partial charge >= 0.3 is 0 Å². The summed E-state index contributed by atoms with van der Waals surface area (Å²) in [4.78, 5) is 5.33. The van der Waals surface area contributed by atoms with Gasteiger partial charge in [-0.2, -0.15) is 5.10 Å². The molecule has 2 aromatic heterocycles. The number of methoxy groups -OCH3 is 1. The van der Waals surface area contributed by atoms with Crippen LogP contribution >= 0.6 is 11.3 Å². The molecule has 0 unspecified atom stereocenters. The SMILES string of the molecule is COc1ccc(CNCCc2ncn[nH]2)s1. The van der Waals surface area contributed by atoms with Crippen molar-refractivity contribution in [1.82, 2.24) is 20.5 Å². The van der Waals surface area contributed by atoms with Gasteiger partial charge in [-0.1, -0.05) is 0 Å². The largest absolute Gasteiger partial charge is 0.487 e. The Balaban J connectivity index is 1.68. The fraction of sp³-hybridized carbons (Fsp3) is 0.400. The third-order valence-electron chi connectivity index (χ3n) is 2.14. The van der Waals surface area contributed by atoms with Crippen molar-refractivity contribution in [2.75, 3.05) is 13.7 Å². The van der Waals surface area contributed by atoms with E-state index in [0.29, 0.717) is 0 Å². The molecule has 0 radical (unpaired) electrons. The predicted molar refractivity (Wildman–Crippen MR) is 62.7 cm³/mol. The first-order chi connectivity index (χ1) is 7.88. The van der Waals surface area contributed by atoms with Gasteiger partial charge in [0.15, 0.2) is 5.06 Å². The number of ether oxygens (including phenoxy) is 1. The molecule has 6 heteroatoms. The molecule has 2 rings (SSSR count). The Bertz CT molecular complexity index is 412. The Morgan fingerprint density at radius 2 is 2.44 bits per heavy atom. The molecule has 2 aromatic rings. The summed E-state index contributed by atoms with van der Waals surface area (Å²) in [5, 5.41) is 10.9. The van der Waals surface area contributed by atoms with Gasteiger partial charge in [0, 0.05) is 24.4 Å². The molecule has 0 saturated carbocycles. The van der Waals surface area contributed by atoms with Crippen molar-refractivity contribution in [3.8, 4) is 5.06 Å². The Morgan fingerprint density at radius 3 is 3.12 bits per heavy atom. The highest BCUT2D eigenvalue weighted by atomic mass is 32.1. The first-order valence-electron chi connectivity index (χ1n) is 5.06. The Hall–Kier alpha value is -1.40. The molecular formula is C10H14N4OS. The number of aromatic nitrogens is 3. The standard InChI is InChI=1S/C10H14N4OS/c1-15-10-3-2-8(16-10)6-11-5-4-9-12-7-13-14-9/h2-3,7,11H,4-6H2,1H3,(H,12,13,14). The van der Waals surface area contributed by atoms with Crippen LogP contribution in [0.4, 0.5) is 0 Å². The van der Waals surface area contributed by atoms with Gasteiger partial charge in [0.05, 0.1) is 7.11 Å². The van der Waals surface area contributed by atoms with Gasteiger partial charge in [0.25, 0.3) is 0 Å². The summed E-state index contributed by atoms with van der Waals surface area (Å²) < 4.78 is 5.13. The highest BCUT2D eigenvalue weighted by Crippen LogP contribution is 2.23. The van der Waals surface area contributed by atoms with Crippen molar-refractivity contribution in [1.29, 1.82) is 0 Å². The van der Waals surface area contributed by atoms with E-state index < -0.39 is 0 Å². The van der Waals surface area contributed by atoms with Gasteiger partial charge in [-0.05, 0) is 12.1 Å². The summed E-state index contributed by atoms with van der Waals surface area (Å²) in [6, 6.07) is 4.06. The zero-order valence-corrected chi connectivity index (χ0v) is 9.88. The van der Waals surface area contributed by atoms with Gasteiger partial charge in [-0.3, -0.25) is 5.10 Å². The van der Waals surface area contributed by atoms with E-state index in [2.05, 4.69) is 26.6 Å². The molecule has 0 bridgehead atoms. The number of H-pyrrole nitrogens is 1. The quantitative estimate of drug-likeness (QED) is 0.742. The molecule has 2 N–H and O–H groups in total. The lowest BCUT2D eigenvalue weighted by atomic mass is 10.4. The maximum absolute atomic E-state index is 5.13. The van der Waals surface area contributed by atoms with Crippen LogP contribution < -0.4 is 10.1 Å². The van der Waals surface area contributed by atoms with Crippen LogP contribution in [0.15, 0.2) is 18.5 Å². The van der Waals surface area contributed by atoms with E-state index in [1.54, 1.807) is 18.4 Å². The van der Waals surface area contributed by atoms with E-state index in [0.717, 1.165) is 30.4 Å². The average Bonchev–Trinajstić information content (AvgIpc) is 2.95. The van der Waals surface area contributed by atoms with E-state index in [1.165, 1.54) is 11.2 Å². The zero-order chi connectivity index (χ0) is 11.2. The molecule has 0 saturated heterocycles. The van der Waals surface area contributed by atoms with E-state index in [-0.39, 0.29) is 0 Å². The predicted octanol–water partition coefficient (Wildman–Crippen LogP) is 1.21. The maximum atomic E-state index is 5.13. The van der Waals surface area contributed by atoms with Gasteiger partial charge in [0.1, 0.15) is 12.2 Å². The second-order valence-electron chi connectivity index (χ2n) is 3.28. The Morgan fingerprint density at radius 1 is 1.50 bits per heavy atom. The van der Waals surface area contributed by atoms with Crippen LogP contribution in [0.1, 0.15) is 10.7 Å². The molecule has 0 spiro atoms. The van der Waals surface area contributed by atoms with Crippen molar-refractivity contribution in [2.24, 2.45) is 0 Å². The van der Waals surface area contributed by atoms with E-state index in [9.17, 15) is 0 Å². The van der Waals surface area contributed by atoms with Crippen LogP contribution in [0.25, 0.3) is 0 Å². The molecule has 0 atom stereocenters. The number of hydrogen-bond acceptors (Lipinski definition) is 5. The van der Waals surface area contributed by atoms with Crippen molar-refractivity contribution < 1.29 is 4.74 Å². The minimum absolute atomic E-state index is 0.863. The van der Waals surface area contributed by atoms with Crippen LogP contribution in [-0.4, -0.2) is 28.8 Å². The minimum atomic E-state index is 0.863. The minimum Gasteiger partial charge on any atom is -0.487 e. The zero-order valence-electron chi connectivity index (χ0n) is 9.06. The van der Waals surface area contributed by atoms with E-state index in [1.807, 2.05) is 6.07 Å². The Labute approximate surface area is 97.9 Å². The summed E-state index contributed by atoms with van der Waals surface area (Å²) >= 11 is 1.66. The lowest BCUT2D eigenvalue weighted by Crippen LogP contribution is -2.16. The average molecular weight is 238 g/mol. The number of rotatable bonds is 6. The smallest absolute Gasteiger partial charge is 0.173 e. The molecule has 0 fully saturated rings.